The van der Waals surface area contributed by atoms with Crippen LogP contribution in [0.15, 0.2) is 243 Å². The number of aryl methyl sites for hydroxylation is 4. The van der Waals surface area contributed by atoms with Crippen molar-refractivity contribution in [3.63, 3.8) is 0 Å². The Morgan fingerprint density at radius 3 is 0.795 bits per heavy atom. The molecule has 0 unspecified atom stereocenters. The summed E-state index contributed by atoms with van der Waals surface area (Å²) in [5, 5.41) is 7.53. The molecule has 6 heteroatoms. The number of para-hydroxylation sites is 2. The average Bonchev–Trinajstić information content (AvgIpc) is 0.985. The van der Waals surface area contributed by atoms with Gasteiger partial charge in [0.2, 0.25) is 0 Å². The maximum absolute atomic E-state index is 2.64. The van der Waals surface area contributed by atoms with Crippen LogP contribution >= 0.6 is 0 Å². The molecule has 0 N–H and O–H groups in total. The molecule has 0 bridgehead atoms. The summed E-state index contributed by atoms with van der Waals surface area (Å²) in [7, 11) is 0. The van der Waals surface area contributed by atoms with E-state index < -0.39 is 0 Å². The van der Waals surface area contributed by atoms with Crippen molar-refractivity contribution in [1.29, 1.82) is 0 Å². The molecule has 16 aromatic rings. The van der Waals surface area contributed by atoms with Gasteiger partial charge in [0.05, 0.1) is 38.8 Å². The number of benzene rings is 13. The standard InChI is InChI=1S/C106H106BN5/c1-63-51-73(105(17,18)19)52-64(2)98(63)67-31-39-75(40-32-67)108-94-59-77(110-90-47-35-69(101(5,6)7)55-82(90)83-56-70(102(8,9)10)36-48-91(83)110)43-45-86(94)107-87-46-44-78(111-92-49-37-71(103(11,12)13)57-84(92)85-58-72(104(14,15)16)38-50-93(85)111)60-95(87)109(76-41-33-68(34-42-76)99-65(3)53-74(54-66(99)4)106(20,21)22)97-62-79(61-96(108)100(97)107)112-88-29-25-23-27-80(88)81-28-24-26-30-89(81)112/h23-62H,1-22H3. The van der Waals surface area contributed by atoms with Crippen LogP contribution in [0.3, 0.4) is 0 Å². The highest BCUT2D eigenvalue weighted by molar-refractivity contribution is 7.00. The molecular weight excluding hydrogens is 1350 g/mol. The molecule has 0 saturated heterocycles. The maximum atomic E-state index is 2.64. The highest BCUT2D eigenvalue weighted by Crippen LogP contribution is 2.51. The van der Waals surface area contributed by atoms with E-state index in [1.54, 1.807) is 0 Å². The van der Waals surface area contributed by atoms with E-state index in [0.717, 1.165) is 62.2 Å². The van der Waals surface area contributed by atoms with Crippen LogP contribution in [0.5, 0.6) is 0 Å². The van der Waals surface area contributed by atoms with Crippen molar-refractivity contribution in [2.75, 3.05) is 9.80 Å². The summed E-state index contributed by atoms with van der Waals surface area (Å²) in [5.41, 5.74) is 38.9. The molecule has 0 saturated carbocycles. The number of hydrogen-bond acceptors (Lipinski definition) is 2. The van der Waals surface area contributed by atoms with Crippen molar-refractivity contribution >= 4 is 123 Å². The van der Waals surface area contributed by atoms with Crippen LogP contribution in [-0.4, -0.2) is 20.4 Å². The molecular formula is C106H106BN5. The first-order chi connectivity index (χ1) is 53.0. The maximum Gasteiger partial charge on any atom is 0.252 e. The number of rotatable bonds is 7. The van der Waals surface area contributed by atoms with E-state index in [9.17, 15) is 0 Å². The number of aromatic nitrogens is 3. The van der Waals surface area contributed by atoms with Crippen molar-refractivity contribution in [1.82, 2.24) is 13.7 Å². The van der Waals surface area contributed by atoms with Crippen molar-refractivity contribution in [2.45, 2.75) is 185 Å². The quantitative estimate of drug-likeness (QED) is 0.148. The zero-order chi connectivity index (χ0) is 78.7. The molecule has 0 aliphatic carbocycles. The Morgan fingerprint density at radius 2 is 0.491 bits per heavy atom. The van der Waals surface area contributed by atoms with Crippen LogP contribution in [0.1, 0.15) is 180 Å². The Balaban J connectivity index is 0.958. The molecule has 112 heavy (non-hydrogen) atoms. The van der Waals surface area contributed by atoms with E-state index in [2.05, 4.69) is 418 Å². The van der Waals surface area contributed by atoms with Gasteiger partial charge in [-0.15, -0.1) is 0 Å². The third kappa shape index (κ3) is 11.7. The summed E-state index contributed by atoms with van der Waals surface area (Å²) in [6.07, 6.45) is 0. The molecule has 2 aliphatic heterocycles. The van der Waals surface area contributed by atoms with Crippen LogP contribution in [0.25, 0.3) is 105 Å². The van der Waals surface area contributed by atoms with Gasteiger partial charge < -0.3 is 23.5 Å². The monoisotopic (exact) mass is 1460 g/mol. The van der Waals surface area contributed by atoms with Gasteiger partial charge >= 0.3 is 0 Å². The van der Waals surface area contributed by atoms with Crippen LogP contribution in [-0.2, 0) is 32.5 Å². The Bertz CT molecular complexity index is 6020. The van der Waals surface area contributed by atoms with E-state index in [0.29, 0.717) is 0 Å². The average molecular weight is 1460 g/mol. The van der Waals surface area contributed by atoms with Gasteiger partial charge in [-0.2, -0.15) is 0 Å². The first-order valence-corrected chi connectivity index (χ1v) is 40.7. The molecule has 5 nitrogen and oxygen atoms in total. The van der Waals surface area contributed by atoms with Gasteiger partial charge in [-0.1, -0.05) is 246 Å². The van der Waals surface area contributed by atoms with E-state index in [-0.39, 0.29) is 39.2 Å². The predicted octanol–water partition coefficient (Wildman–Crippen LogP) is 27.4. The van der Waals surface area contributed by atoms with Gasteiger partial charge in [0.1, 0.15) is 0 Å². The molecule has 558 valence electrons. The number of anilines is 6. The van der Waals surface area contributed by atoms with Gasteiger partial charge in [0.25, 0.3) is 6.71 Å². The van der Waals surface area contributed by atoms with Crippen molar-refractivity contribution in [3.05, 3.63) is 298 Å². The fourth-order valence-corrected chi connectivity index (χ4v) is 18.8. The molecule has 18 rings (SSSR count). The van der Waals surface area contributed by atoms with Crippen LogP contribution in [0.2, 0.25) is 0 Å². The zero-order valence-corrected chi connectivity index (χ0v) is 69.9. The lowest BCUT2D eigenvalue weighted by Crippen LogP contribution is -2.61. The summed E-state index contributed by atoms with van der Waals surface area (Å²) >= 11 is 0. The lowest BCUT2D eigenvalue weighted by Gasteiger charge is -2.44. The summed E-state index contributed by atoms with van der Waals surface area (Å²) < 4.78 is 7.66. The lowest BCUT2D eigenvalue weighted by molar-refractivity contribution is 0.589. The Labute approximate surface area is 664 Å². The van der Waals surface area contributed by atoms with Crippen molar-refractivity contribution in [2.24, 2.45) is 0 Å². The zero-order valence-electron chi connectivity index (χ0n) is 69.9. The first kappa shape index (κ1) is 72.5. The smallest absolute Gasteiger partial charge is 0.252 e. The Hall–Kier alpha value is -11.1. The highest BCUT2D eigenvalue weighted by Gasteiger charge is 2.45. The molecule has 0 spiro atoms. The second-order valence-corrected chi connectivity index (χ2v) is 39.0. The lowest BCUT2D eigenvalue weighted by atomic mass is 9.33. The molecule has 5 heterocycles. The molecule has 0 atom stereocenters. The number of nitrogens with zero attached hydrogens (tertiary/aromatic N) is 5. The molecule has 0 amide bonds. The predicted molar refractivity (Wildman–Crippen MR) is 486 cm³/mol. The Morgan fingerprint density at radius 1 is 0.223 bits per heavy atom. The van der Waals surface area contributed by atoms with Crippen LogP contribution in [0, 0.1) is 27.7 Å². The molecule has 3 aromatic heterocycles. The molecule has 2 aliphatic rings. The summed E-state index contributed by atoms with van der Waals surface area (Å²) in [6, 6.07) is 95.9. The van der Waals surface area contributed by atoms with Gasteiger partial charge in [-0.3, -0.25) is 0 Å². The molecule has 0 radical (unpaired) electrons. The number of fused-ring (bicyclic) bond motifs is 13. The summed E-state index contributed by atoms with van der Waals surface area (Å²) in [6.45, 7) is 50.9. The second kappa shape index (κ2) is 25.2. The fraction of sp³-hybridized carbons (Fsp3) is 0.264. The van der Waals surface area contributed by atoms with E-state index >= 15 is 0 Å². The SMILES string of the molecule is Cc1cc(C(C)(C)C)cc(C)c1-c1ccc(N2c3cc(-n4c5ccc(C(C)(C)C)cc5c5cc(C(C)(C)C)ccc54)ccc3B3c4ccc(-n5c6ccc(C(C)(C)C)cc6c6cc(C(C)(C)C)ccc65)cc4N(c4ccc(-c5c(C)cc(C(C)(C)C)cc5C)cc4)c4cc(-n5c6ccccc6c6ccccc65)cc2c43)cc1. The van der Waals surface area contributed by atoms with E-state index in [4.69, 9.17) is 0 Å². The molecule has 0 fully saturated rings. The van der Waals surface area contributed by atoms with Crippen LogP contribution < -0.4 is 26.2 Å². The van der Waals surface area contributed by atoms with E-state index in [1.807, 2.05) is 0 Å². The van der Waals surface area contributed by atoms with Gasteiger partial charge in [0.15, 0.2) is 0 Å². The van der Waals surface area contributed by atoms with Crippen LogP contribution in [0.4, 0.5) is 34.1 Å². The normalized spacial score (nSPS) is 13.6. The van der Waals surface area contributed by atoms with Gasteiger partial charge in [-0.05, 0) is 276 Å². The Kier molecular flexibility index (Phi) is 16.3. The topological polar surface area (TPSA) is 21.3 Å². The van der Waals surface area contributed by atoms with Crippen molar-refractivity contribution < 1.29 is 0 Å². The molecule has 13 aromatic carbocycles. The largest absolute Gasteiger partial charge is 0.311 e. The summed E-state index contributed by atoms with van der Waals surface area (Å²) in [5.74, 6) is 0. The highest BCUT2D eigenvalue weighted by atomic mass is 15.2. The third-order valence-electron chi connectivity index (χ3n) is 25.0. The number of hydrogen-bond donors (Lipinski definition) is 0. The fourth-order valence-electron chi connectivity index (χ4n) is 18.8. The minimum atomic E-state index is -0.210. The summed E-state index contributed by atoms with van der Waals surface area (Å²) in [4.78, 5) is 5.29. The van der Waals surface area contributed by atoms with Gasteiger partial charge in [0, 0.05) is 77.8 Å². The van der Waals surface area contributed by atoms with Crippen molar-refractivity contribution in [3.8, 4) is 39.3 Å². The minimum absolute atomic E-state index is 0.0198. The second-order valence-electron chi connectivity index (χ2n) is 39.0. The van der Waals surface area contributed by atoms with Gasteiger partial charge in [-0.25, -0.2) is 0 Å². The third-order valence-corrected chi connectivity index (χ3v) is 25.0. The minimum Gasteiger partial charge on any atom is -0.311 e. The van der Waals surface area contributed by atoms with E-state index in [1.165, 1.54) is 149 Å². The first-order valence-electron chi connectivity index (χ1n) is 40.7.